The Kier molecular flexibility index (Phi) is 23.1. The van der Waals surface area contributed by atoms with Gasteiger partial charge in [0.25, 0.3) is 5.91 Å². The minimum atomic E-state index is -0.947. The van der Waals surface area contributed by atoms with Gasteiger partial charge in [0.2, 0.25) is 0 Å². The normalized spacial score (nSPS) is 22.0. The number of nitrogens with one attached hydrogen (secondary N) is 1. The smallest absolute Gasteiger partial charge is 0.311 e. The van der Waals surface area contributed by atoms with Gasteiger partial charge in [-0.1, -0.05) is 200 Å². The Morgan fingerprint density at radius 3 is 1.26 bits per heavy atom. The Labute approximate surface area is 354 Å². The van der Waals surface area contributed by atoms with Crippen LogP contribution in [0.1, 0.15) is 279 Å². The minimum absolute atomic E-state index is 0.0839. The number of carboxylic acids is 1. The van der Waals surface area contributed by atoms with Crippen LogP contribution in [0, 0.1) is 5.41 Å². The molecule has 57 heavy (non-hydrogen) atoms. The molecule has 1 amide bonds. The SMILES string of the molecule is CCCCCCCCCCCCCCC(CCCCCCCCCCCC)(CN1C(=O)C2(CC(C)(C)NC(C)(C)C2)OC12CCCCCCCCCCC2)C(=O)O. The number of carbonyl (C=O) groups is 2. The van der Waals surface area contributed by atoms with Crippen LogP contribution in [0.15, 0.2) is 0 Å². The van der Waals surface area contributed by atoms with Crippen molar-refractivity contribution >= 4 is 11.9 Å². The highest BCUT2D eigenvalue weighted by Gasteiger charge is 2.65. The highest BCUT2D eigenvalue weighted by molar-refractivity contribution is 5.89. The summed E-state index contributed by atoms with van der Waals surface area (Å²) >= 11 is 0. The molecule has 2 spiro atoms. The number of hydrogen-bond donors (Lipinski definition) is 2. The summed E-state index contributed by atoms with van der Waals surface area (Å²) in [6, 6.07) is 0. The van der Waals surface area contributed by atoms with E-state index in [0.717, 1.165) is 64.2 Å². The first kappa shape index (κ1) is 50.2. The van der Waals surface area contributed by atoms with E-state index in [2.05, 4.69) is 51.8 Å². The maximum Gasteiger partial charge on any atom is 0.311 e. The number of rotatable bonds is 27. The third kappa shape index (κ3) is 17.4. The van der Waals surface area contributed by atoms with E-state index >= 15 is 4.79 Å². The van der Waals surface area contributed by atoms with Crippen molar-refractivity contribution in [2.24, 2.45) is 5.41 Å². The van der Waals surface area contributed by atoms with Crippen molar-refractivity contribution in [1.82, 2.24) is 10.2 Å². The van der Waals surface area contributed by atoms with E-state index < -0.39 is 22.7 Å². The molecule has 2 N–H and O–H groups in total. The lowest BCUT2D eigenvalue weighted by molar-refractivity contribution is -0.182. The maximum atomic E-state index is 15.4. The number of nitrogens with zero attached hydrogens (tertiary/aromatic N) is 1. The largest absolute Gasteiger partial charge is 0.481 e. The molecule has 3 aliphatic rings. The Bertz CT molecular complexity index is 1070. The van der Waals surface area contributed by atoms with Gasteiger partial charge in [0.1, 0.15) is 5.72 Å². The van der Waals surface area contributed by atoms with Gasteiger partial charge in [-0.25, -0.2) is 0 Å². The van der Waals surface area contributed by atoms with Crippen LogP contribution in [0.3, 0.4) is 0 Å². The molecule has 2 saturated heterocycles. The van der Waals surface area contributed by atoms with Gasteiger partial charge in [0.05, 0.1) is 5.41 Å². The second-order valence-corrected chi connectivity index (χ2v) is 21.0. The standard InChI is InChI=1S/C51H96N2O4/c1-7-9-11-13-15-17-19-20-23-27-31-35-39-49(46(55)56,38-34-30-26-22-18-16-14-12-10-8-2)44-53-45(54)50(42-47(3,4)52-48(5,6)43-50)57-51(53)40-36-32-28-24-21-25-29-33-37-41-51/h52H,7-44H2,1-6H3,(H,55,56). The zero-order chi connectivity index (χ0) is 41.5. The second kappa shape index (κ2) is 26.3. The maximum absolute atomic E-state index is 15.4. The van der Waals surface area contributed by atoms with Gasteiger partial charge < -0.3 is 20.1 Å². The van der Waals surface area contributed by atoms with Crippen LogP contribution in [0.25, 0.3) is 0 Å². The van der Waals surface area contributed by atoms with Crippen LogP contribution in [0.2, 0.25) is 0 Å². The molecule has 0 aromatic carbocycles. The summed E-state index contributed by atoms with van der Waals surface area (Å²) in [6.07, 6.45) is 42.5. The van der Waals surface area contributed by atoms with Crippen LogP contribution in [0.5, 0.6) is 0 Å². The van der Waals surface area contributed by atoms with E-state index in [-0.39, 0.29) is 17.0 Å². The molecule has 3 fully saturated rings. The van der Waals surface area contributed by atoms with Crippen molar-refractivity contribution in [3.05, 3.63) is 0 Å². The summed E-state index contributed by atoms with van der Waals surface area (Å²) in [7, 11) is 0. The van der Waals surface area contributed by atoms with Gasteiger partial charge >= 0.3 is 5.97 Å². The molecule has 1 saturated carbocycles. The zero-order valence-electron chi connectivity index (χ0n) is 39.0. The average molecular weight is 801 g/mol. The number of unbranched alkanes of at least 4 members (excludes halogenated alkanes) is 20. The predicted molar refractivity (Wildman–Crippen MR) is 242 cm³/mol. The third-order valence-corrected chi connectivity index (χ3v) is 14.2. The topological polar surface area (TPSA) is 78.9 Å². The number of hydrogen-bond acceptors (Lipinski definition) is 4. The molecule has 0 radical (unpaired) electrons. The van der Waals surface area contributed by atoms with Crippen molar-refractivity contribution in [3.63, 3.8) is 0 Å². The summed E-state index contributed by atoms with van der Waals surface area (Å²) in [5, 5.41) is 15.2. The Morgan fingerprint density at radius 1 is 0.579 bits per heavy atom. The molecule has 0 aromatic heterocycles. The van der Waals surface area contributed by atoms with Gasteiger partial charge in [0, 0.05) is 30.5 Å². The fraction of sp³-hybridized carbons (Fsp3) is 0.961. The molecule has 0 aromatic rings. The fourth-order valence-corrected chi connectivity index (χ4v) is 11.5. The van der Waals surface area contributed by atoms with Crippen molar-refractivity contribution in [3.8, 4) is 0 Å². The number of ether oxygens (including phenoxy) is 1. The monoisotopic (exact) mass is 801 g/mol. The van der Waals surface area contributed by atoms with Crippen LogP contribution in [-0.4, -0.2) is 50.8 Å². The highest BCUT2D eigenvalue weighted by atomic mass is 16.6. The van der Waals surface area contributed by atoms with E-state index in [1.54, 1.807) is 0 Å². The molecule has 0 bridgehead atoms. The number of aliphatic carboxylic acids is 1. The number of carboxylic acid groups (broad SMARTS) is 1. The van der Waals surface area contributed by atoms with Crippen LogP contribution in [0.4, 0.5) is 0 Å². The predicted octanol–water partition coefficient (Wildman–Crippen LogP) is 15.0. The van der Waals surface area contributed by atoms with E-state index in [4.69, 9.17) is 4.74 Å². The van der Waals surface area contributed by atoms with Crippen LogP contribution < -0.4 is 5.32 Å². The Hall–Kier alpha value is -1.14. The van der Waals surface area contributed by atoms with Gasteiger partial charge in [-0.05, 0) is 66.2 Å². The van der Waals surface area contributed by atoms with Crippen LogP contribution >= 0.6 is 0 Å². The number of amides is 1. The molecule has 1 aliphatic carbocycles. The molecule has 1 atom stereocenters. The fourth-order valence-electron chi connectivity index (χ4n) is 11.5. The lowest BCUT2D eigenvalue weighted by atomic mass is 9.72. The number of carbonyl (C=O) groups excluding carboxylic acids is 1. The van der Waals surface area contributed by atoms with Gasteiger partial charge in [-0.2, -0.15) is 0 Å². The first-order valence-corrected chi connectivity index (χ1v) is 25.4. The average Bonchev–Trinajstić information content (AvgIpc) is 3.33. The van der Waals surface area contributed by atoms with E-state index in [1.165, 1.54) is 148 Å². The van der Waals surface area contributed by atoms with E-state index in [9.17, 15) is 9.90 Å². The van der Waals surface area contributed by atoms with Crippen molar-refractivity contribution < 1.29 is 19.4 Å². The van der Waals surface area contributed by atoms with Crippen molar-refractivity contribution in [2.75, 3.05) is 6.54 Å². The van der Waals surface area contributed by atoms with Crippen LogP contribution in [-0.2, 0) is 14.3 Å². The number of piperidine rings is 1. The highest BCUT2D eigenvalue weighted by Crippen LogP contribution is 2.52. The first-order valence-electron chi connectivity index (χ1n) is 25.4. The minimum Gasteiger partial charge on any atom is -0.481 e. The summed E-state index contributed by atoms with van der Waals surface area (Å²) in [5.41, 5.74) is -3.14. The zero-order valence-corrected chi connectivity index (χ0v) is 39.0. The molecule has 3 rings (SSSR count). The molecule has 1 unspecified atom stereocenters. The molecule has 2 aliphatic heterocycles. The van der Waals surface area contributed by atoms with Gasteiger partial charge in [-0.3, -0.25) is 9.59 Å². The molecule has 2 heterocycles. The Balaban J connectivity index is 1.82. The summed E-state index contributed by atoms with van der Waals surface area (Å²) in [6.45, 7) is 13.7. The molecular weight excluding hydrogens is 705 g/mol. The second-order valence-electron chi connectivity index (χ2n) is 21.0. The van der Waals surface area contributed by atoms with Gasteiger partial charge in [-0.15, -0.1) is 0 Å². The first-order chi connectivity index (χ1) is 27.4. The summed E-state index contributed by atoms with van der Waals surface area (Å²) in [5.74, 6) is -0.606. The third-order valence-electron chi connectivity index (χ3n) is 14.2. The molecule has 6 heteroatoms. The molecule has 334 valence electrons. The van der Waals surface area contributed by atoms with E-state index in [1.807, 2.05) is 0 Å². The molecular formula is C51H96N2O4. The lowest BCUT2D eigenvalue weighted by Crippen LogP contribution is -2.65. The van der Waals surface area contributed by atoms with Crippen molar-refractivity contribution in [2.45, 2.75) is 302 Å². The quantitative estimate of drug-likeness (QED) is 0.0809. The Morgan fingerprint density at radius 2 is 0.912 bits per heavy atom. The molecule has 6 nitrogen and oxygen atoms in total. The summed E-state index contributed by atoms with van der Waals surface area (Å²) in [4.78, 5) is 31.4. The van der Waals surface area contributed by atoms with Gasteiger partial charge in [0.15, 0.2) is 5.60 Å². The van der Waals surface area contributed by atoms with E-state index in [0.29, 0.717) is 32.2 Å². The van der Waals surface area contributed by atoms with Crippen molar-refractivity contribution in [1.29, 1.82) is 0 Å². The lowest BCUT2D eigenvalue weighted by Gasteiger charge is -2.50. The summed E-state index contributed by atoms with van der Waals surface area (Å²) < 4.78 is 7.51.